The number of nitrogens with one attached hydrogen (secondary N) is 1. The van der Waals surface area contributed by atoms with Gasteiger partial charge in [0, 0.05) is 36.2 Å². The number of pyridine rings is 2. The second-order valence-corrected chi connectivity index (χ2v) is 9.87. The van der Waals surface area contributed by atoms with Gasteiger partial charge in [0.1, 0.15) is 23.1 Å². The molecule has 4 aromatic rings. The zero-order valence-electron chi connectivity index (χ0n) is 20.5. The van der Waals surface area contributed by atoms with Gasteiger partial charge in [0.2, 0.25) is 5.91 Å². The molecule has 0 radical (unpaired) electrons. The summed E-state index contributed by atoms with van der Waals surface area (Å²) in [5, 5.41) is 7.47. The van der Waals surface area contributed by atoms with E-state index in [-0.39, 0.29) is 29.9 Å². The average Bonchev–Trinajstić information content (AvgIpc) is 3.44. The third-order valence-electron chi connectivity index (χ3n) is 5.96. The molecule has 5 rings (SSSR count). The normalized spacial score (nSPS) is 12.8. The minimum absolute atomic E-state index is 0.0812. The maximum atomic E-state index is 13.0. The van der Waals surface area contributed by atoms with E-state index >= 15 is 0 Å². The first-order valence-corrected chi connectivity index (χ1v) is 11.8. The van der Waals surface area contributed by atoms with E-state index in [0.29, 0.717) is 29.6 Å². The molecular formula is C28H27N5O3. The molecule has 182 valence electrons. The van der Waals surface area contributed by atoms with Crippen molar-refractivity contribution in [1.82, 2.24) is 19.7 Å². The van der Waals surface area contributed by atoms with Crippen LogP contribution in [-0.4, -0.2) is 31.4 Å². The van der Waals surface area contributed by atoms with Gasteiger partial charge in [-0.1, -0.05) is 39.0 Å². The van der Waals surface area contributed by atoms with Crippen molar-refractivity contribution in [3.63, 3.8) is 0 Å². The van der Waals surface area contributed by atoms with Gasteiger partial charge in [-0.25, -0.2) is 14.6 Å². The number of hydrogen-bond acceptors (Lipinski definition) is 6. The van der Waals surface area contributed by atoms with Gasteiger partial charge in [0.05, 0.1) is 17.8 Å². The van der Waals surface area contributed by atoms with Gasteiger partial charge < -0.3 is 10.1 Å². The van der Waals surface area contributed by atoms with Crippen LogP contribution in [0.4, 0.5) is 5.82 Å². The zero-order chi connectivity index (χ0) is 25.3. The fourth-order valence-electron chi connectivity index (χ4n) is 4.07. The topological polar surface area (TPSA) is 99.0 Å². The summed E-state index contributed by atoms with van der Waals surface area (Å²) in [5.41, 5.74) is 3.23. The summed E-state index contributed by atoms with van der Waals surface area (Å²) in [6, 6.07) is 16.8. The predicted octanol–water partition coefficient (Wildman–Crippen LogP) is 4.60. The zero-order valence-corrected chi connectivity index (χ0v) is 20.5. The molecule has 1 aliphatic heterocycles. The van der Waals surface area contributed by atoms with Crippen molar-refractivity contribution in [1.29, 1.82) is 0 Å². The summed E-state index contributed by atoms with van der Waals surface area (Å²) in [7, 11) is 0. The van der Waals surface area contributed by atoms with Gasteiger partial charge in [0.15, 0.2) is 5.82 Å². The Labute approximate surface area is 209 Å². The molecule has 0 bridgehead atoms. The number of amides is 1. The number of carbonyl (C=O) groups excluding carboxylic acids is 2. The molecule has 1 aliphatic rings. The van der Waals surface area contributed by atoms with Crippen LogP contribution in [0.25, 0.3) is 5.82 Å². The molecule has 0 saturated heterocycles. The van der Waals surface area contributed by atoms with Crippen molar-refractivity contribution >= 4 is 17.5 Å². The van der Waals surface area contributed by atoms with E-state index in [1.54, 1.807) is 23.1 Å². The Morgan fingerprint density at radius 2 is 1.83 bits per heavy atom. The average molecular weight is 482 g/mol. The molecule has 8 heteroatoms. The molecule has 0 atom stereocenters. The molecule has 8 nitrogen and oxygen atoms in total. The van der Waals surface area contributed by atoms with Crippen molar-refractivity contribution in [3.05, 3.63) is 89.5 Å². The molecule has 36 heavy (non-hydrogen) atoms. The third kappa shape index (κ3) is 5.02. The molecule has 1 amide bonds. The first kappa shape index (κ1) is 23.4. The van der Waals surface area contributed by atoms with Gasteiger partial charge in [-0.2, -0.15) is 5.10 Å². The minimum Gasteiger partial charge on any atom is -0.457 e. The number of rotatable bonds is 7. The number of carbonyl (C=O) groups is 2. The Morgan fingerprint density at radius 1 is 1.03 bits per heavy atom. The van der Waals surface area contributed by atoms with E-state index in [1.165, 1.54) is 0 Å². The Balaban J connectivity index is 1.28. The fraction of sp³-hybridized carbons (Fsp3) is 0.250. The van der Waals surface area contributed by atoms with Crippen LogP contribution in [0.15, 0.2) is 67.0 Å². The first-order chi connectivity index (χ1) is 17.3. The van der Waals surface area contributed by atoms with Gasteiger partial charge >= 0.3 is 0 Å². The molecule has 0 fully saturated rings. The Morgan fingerprint density at radius 3 is 2.56 bits per heavy atom. The number of ether oxygens (including phenoxy) is 1. The standard InChI is InChI=1S/C28H27N5O3/c1-28(2,3)24-16-19(33(32-24)25-6-4-5-12-29-25)15-20(34)14-18-7-9-21(10-8-18)36-23-11-13-30-27-22(23)17-26(35)31-27/h4-13,16H,14-15,17H2,1-3H3,(H,30,31,35). The summed E-state index contributed by atoms with van der Waals surface area (Å²) in [4.78, 5) is 33.3. The summed E-state index contributed by atoms with van der Waals surface area (Å²) in [6.45, 7) is 6.30. The van der Waals surface area contributed by atoms with Crippen molar-refractivity contribution in [3.8, 4) is 17.3 Å². The smallest absolute Gasteiger partial charge is 0.230 e. The molecule has 0 spiro atoms. The predicted molar refractivity (Wildman–Crippen MR) is 136 cm³/mol. The highest BCUT2D eigenvalue weighted by molar-refractivity contribution is 5.98. The number of anilines is 1. The van der Waals surface area contributed by atoms with Crippen LogP contribution >= 0.6 is 0 Å². The molecular weight excluding hydrogens is 454 g/mol. The van der Waals surface area contributed by atoms with Gasteiger partial charge in [-0.15, -0.1) is 0 Å². The molecule has 0 unspecified atom stereocenters. The van der Waals surface area contributed by atoms with E-state index in [0.717, 1.165) is 22.5 Å². The largest absolute Gasteiger partial charge is 0.457 e. The van der Waals surface area contributed by atoms with Crippen LogP contribution in [0.2, 0.25) is 0 Å². The van der Waals surface area contributed by atoms with Gasteiger partial charge in [-0.05, 0) is 42.0 Å². The van der Waals surface area contributed by atoms with Crippen LogP contribution in [0, 0.1) is 0 Å². The monoisotopic (exact) mass is 481 g/mol. The van der Waals surface area contributed by atoms with Gasteiger partial charge in [0.25, 0.3) is 0 Å². The lowest BCUT2D eigenvalue weighted by atomic mass is 9.92. The molecule has 0 saturated carbocycles. The Kier molecular flexibility index (Phi) is 6.10. The highest BCUT2D eigenvalue weighted by atomic mass is 16.5. The van der Waals surface area contributed by atoms with Crippen molar-refractivity contribution in [2.24, 2.45) is 0 Å². The molecule has 4 heterocycles. The number of aromatic nitrogens is 4. The number of hydrogen-bond donors (Lipinski definition) is 1. The molecule has 1 aromatic carbocycles. The number of nitrogens with zero attached hydrogens (tertiary/aromatic N) is 4. The van der Waals surface area contributed by atoms with E-state index in [2.05, 4.69) is 36.1 Å². The number of Topliss-reactive ketones (excluding diaryl/α,β-unsaturated/α-hetero) is 1. The maximum Gasteiger partial charge on any atom is 0.230 e. The second-order valence-electron chi connectivity index (χ2n) is 9.87. The van der Waals surface area contributed by atoms with E-state index < -0.39 is 0 Å². The lowest BCUT2D eigenvalue weighted by Gasteiger charge is -2.14. The maximum absolute atomic E-state index is 13.0. The summed E-state index contributed by atoms with van der Waals surface area (Å²) in [5.74, 6) is 2.44. The Bertz CT molecular complexity index is 1420. The first-order valence-electron chi connectivity index (χ1n) is 11.8. The van der Waals surface area contributed by atoms with E-state index in [9.17, 15) is 9.59 Å². The SMILES string of the molecule is CC(C)(C)c1cc(CC(=O)Cc2ccc(Oc3ccnc4c3CC(=O)N4)cc2)n(-c2ccccn2)n1. The van der Waals surface area contributed by atoms with E-state index in [4.69, 9.17) is 9.84 Å². The molecule has 0 aliphatic carbocycles. The van der Waals surface area contributed by atoms with Crippen molar-refractivity contribution in [2.75, 3.05) is 5.32 Å². The highest BCUT2D eigenvalue weighted by Crippen LogP contribution is 2.33. The lowest BCUT2D eigenvalue weighted by Crippen LogP contribution is -2.13. The van der Waals surface area contributed by atoms with Crippen molar-refractivity contribution in [2.45, 2.75) is 45.4 Å². The van der Waals surface area contributed by atoms with Gasteiger partial charge in [-0.3, -0.25) is 9.59 Å². The lowest BCUT2D eigenvalue weighted by molar-refractivity contribution is -0.118. The number of ketones is 1. The molecule has 1 N–H and O–H groups in total. The second kappa shape index (κ2) is 9.37. The summed E-state index contributed by atoms with van der Waals surface area (Å²) in [6.07, 6.45) is 4.12. The summed E-state index contributed by atoms with van der Waals surface area (Å²) < 4.78 is 7.75. The summed E-state index contributed by atoms with van der Waals surface area (Å²) >= 11 is 0. The number of fused-ring (bicyclic) bond motifs is 1. The molecule has 3 aromatic heterocycles. The van der Waals surface area contributed by atoms with Crippen LogP contribution < -0.4 is 10.1 Å². The van der Waals surface area contributed by atoms with E-state index in [1.807, 2.05) is 48.5 Å². The van der Waals surface area contributed by atoms with Crippen LogP contribution in [0.1, 0.15) is 43.3 Å². The Hall–Kier alpha value is -4.33. The highest BCUT2D eigenvalue weighted by Gasteiger charge is 2.24. The van der Waals surface area contributed by atoms with Crippen LogP contribution in [-0.2, 0) is 34.3 Å². The number of benzene rings is 1. The fourth-order valence-corrected chi connectivity index (χ4v) is 4.07. The quantitative estimate of drug-likeness (QED) is 0.414. The minimum atomic E-state index is -0.147. The van der Waals surface area contributed by atoms with Crippen molar-refractivity contribution < 1.29 is 14.3 Å². The van der Waals surface area contributed by atoms with Crippen LogP contribution in [0.3, 0.4) is 0 Å². The van der Waals surface area contributed by atoms with Crippen LogP contribution in [0.5, 0.6) is 11.5 Å². The third-order valence-corrected chi connectivity index (χ3v) is 5.96.